The monoisotopic (exact) mass is 394 g/mol. The van der Waals surface area contributed by atoms with Crippen molar-refractivity contribution in [3.63, 3.8) is 0 Å². The molecule has 0 radical (unpaired) electrons. The number of fused-ring (bicyclic) bond motifs is 1. The number of alkyl halides is 3. The Bertz CT molecular complexity index is 1120. The van der Waals surface area contributed by atoms with Crippen molar-refractivity contribution in [1.29, 1.82) is 0 Å². The molecule has 0 fully saturated rings. The van der Waals surface area contributed by atoms with Crippen molar-refractivity contribution in [3.05, 3.63) is 75.3 Å². The van der Waals surface area contributed by atoms with Crippen LogP contribution in [0.25, 0.3) is 22.0 Å². The normalized spacial score (nSPS) is 12.4. The van der Waals surface area contributed by atoms with Gasteiger partial charge in [0.25, 0.3) is 5.56 Å². The van der Waals surface area contributed by atoms with Crippen molar-refractivity contribution in [2.75, 3.05) is 0 Å². The molecule has 0 amide bonds. The SMILES string of the molecule is O=C(O)c1ccc2c(=O)[nH]c(C(Cl)=Cc3ccc(C(F)(F)F)cc3)nc2c1. The minimum Gasteiger partial charge on any atom is -0.478 e. The Morgan fingerprint density at radius 2 is 1.81 bits per heavy atom. The molecule has 3 aromatic rings. The molecule has 27 heavy (non-hydrogen) atoms. The molecule has 9 heteroatoms. The number of H-pyrrole nitrogens is 1. The molecule has 138 valence electrons. The Balaban J connectivity index is 2.01. The third-order valence-corrected chi connectivity index (χ3v) is 4.00. The van der Waals surface area contributed by atoms with Crippen LogP contribution in [0, 0.1) is 0 Å². The van der Waals surface area contributed by atoms with Gasteiger partial charge in [0.1, 0.15) is 0 Å². The van der Waals surface area contributed by atoms with E-state index in [-0.39, 0.29) is 27.3 Å². The molecule has 0 atom stereocenters. The lowest BCUT2D eigenvalue weighted by Crippen LogP contribution is -2.11. The van der Waals surface area contributed by atoms with E-state index in [9.17, 15) is 22.8 Å². The predicted octanol–water partition coefficient (Wildman–Crippen LogP) is 4.38. The average Bonchev–Trinajstić information content (AvgIpc) is 2.60. The Kier molecular flexibility index (Phi) is 4.75. The number of aromatic carboxylic acids is 1. The summed E-state index contributed by atoms with van der Waals surface area (Å²) in [6.07, 6.45) is -3.11. The van der Waals surface area contributed by atoms with E-state index in [0.29, 0.717) is 5.56 Å². The Hall–Kier alpha value is -3.13. The van der Waals surface area contributed by atoms with Crippen LogP contribution in [0.3, 0.4) is 0 Å². The number of aromatic amines is 1. The minimum absolute atomic E-state index is 0.0190. The van der Waals surface area contributed by atoms with Crippen molar-refractivity contribution in [1.82, 2.24) is 9.97 Å². The minimum atomic E-state index is -4.45. The largest absolute Gasteiger partial charge is 0.478 e. The fourth-order valence-corrected chi connectivity index (χ4v) is 2.58. The quantitative estimate of drug-likeness (QED) is 0.690. The highest BCUT2D eigenvalue weighted by Gasteiger charge is 2.29. The van der Waals surface area contributed by atoms with Gasteiger partial charge >= 0.3 is 12.1 Å². The summed E-state index contributed by atoms with van der Waals surface area (Å²) < 4.78 is 37.8. The van der Waals surface area contributed by atoms with Gasteiger partial charge in [0.2, 0.25) is 0 Å². The lowest BCUT2D eigenvalue weighted by Gasteiger charge is -2.06. The molecule has 0 saturated carbocycles. The molecule has 0 spiro atoms. The van der Waals surface area contributed by atoms with E-state index in [4.69, 9.17) is 16.7 Å². The molecule has 0 aliphatic carbocycles. The molecule has 1 aromatic heterocycles. The summed E-state index contributed by atoms with van der Waals surface area (Å²) in [5, 5.41) is 9.20. The van der Waals surface area contributed by atoms with Gasteiger partial charge in [-0.25, -0.2) is 9.78 Å². The number of hydrogen-bond acceptors (Lipinski definition) is 3. The van der Waals surface area contributed by atoms with Gasteiger partial charge in [-0.05, 0) is 42.0 Å². The molecule has 0 aliphatic heterocycles. The van der Waals surface area contributed by atoms with Gasteiger partial charge in [0.15, 0.2) is 5.82 Å². The van der Waals surface area contributed by atoms with Gasteiger partial charge in [-0.3, -0.25) is 4.79 Å². The van der Waals surface area contributed by atoms with Gasteiger partial charge in [-0.1, -0.05) is 23.7 Å². The lowest BCUT2D eigenvalue weighted by atomic mass is 10.1. The maximum atomic E-state index is 12.6. The number of halogens is 4. The number of carbonyl (C=O) groups is 1. The Morgan fingerprint density at radius 3 is 2.41 bits per heavy atom. The fraction of sp³-hybridized carbons (Fsp3) is 0.0556. The van der Waals surface area contributed by atoms with E-state index in [0.717, 1.165) is 12.1 Å². The number of carboxylic acids is 1. The third-order valence-electron chi connectivity index (χ3n) is 3.71. The van der Waals surface area contributed by atoms with E-state index in [1.807, 2.05) is 0 Å². The average molecular weight is 395 g/mol. The van der Waals surface area contributed by atoms with Crippen LogP contribution in [0.5, 0.6) is 0 Å². The van der Waals surface area contributed by atoms with Gasteiger partial charge in [-0.2, -0.15) is 13.2 Å². The maximum absolute atomic E-state index is 12.6. The van der Waals surface area contributed by atoms with E-state index >= 15 is 0 Å². The summed E-state index contributed by atoms with van der Waals surface area (Å²) in [5.41, 5.74) is -0.864. The second-order valence-corrected chi connectivity index (χ2v) is 5.97. The van der Waals surface area contributed by atoms with E-state index in [1.165, 1.54) is 36.4 Å². The van der Waals surface area contributed by atoms with Crippen molar-refractivity contribution in [3.8, 4) is 0 Å². The first-order valence-electron chi connectivity index (χ1n) is 7.47. The first-order valence-corrected chi connectivity index (χ1v) is 7.85. The second kappa shape index (κ2) is 6.88. The van der Waals surface area contributed by atoms with Crippen LogP contribution >= 0.6 is 11.6 Å². The molecule has 2 aromatic carbocycles. The molecule has 0 saturated heterocycles. The smallest absolute Gasteiger partial charge is 0.416 e. The zero-order valence-corrected chi connectivity index (χ0v) is 14.1. The molecule has 0 aliphatic rings. The van der Waals surface area contributed by atoms with E-state index in [2.05, 4.69) is 9.97 Å². The van der Waals surface area contributed by atoms with Crippen molar-refractivity contribution >= 4 is 39.6 Å². The zero-order chi connectivity index (χ0) is 19.8. The van der Waals surface area contributed by atoms with E-state index in [1.54, 1.807) is 0 Å². The van der Waals surface area contributed by atoms with Crippen LogP contribution in [0.15, 0.2) is 47.3 Å². The molecule has 0 unspecified atom stereocenters. The fourth-order valence-electron chi connectivity index (χ4n) is 2.37. The third kappa shape index (κ3) is 4.01. The molecular weight excluding hydrogens is 385 g/mol. The topological polar surface area (TPSA) is 83.0 Å². The van der Waals surface area contributed by atoms with Crippen molar-refractivity contribution in [2.24, 2.45) is 0 Å². The standard InChI is InChI=1S/C18H10ClF3N2O3/c19-13(7-9-1-4-11(5-2-9)18(20,21)22)15-23-14-8-10(17(26)27)3-6-12(14)16(25)24-15/h1-8H,(H,26,27)(H,23,24,25). The lowest BCUT2D eigenvalue weighted by molar-refractivity contribution is -0.137. The van der Waals surface area contributed by atoms with Gasteiger partial charge in [-0.15, -0.1) is 0 Å². The number of nitrogens with one attached hydrogen (secondary N) is 1. The van der Waals surface area contributed by atoms with Crippen LogP contribution in [-0.4, -0.2) is 21.0 Å². The Morgan fingerprint density at radius 1 is 1.15 bits per heavy atom. The number of benzene rings is 2. The molecular formula is C18H10ClF3N2O3. The summed E-state index contributed by atoms with van der Waals surface area (Å²) in [6.45, 7) is 0. The number of nitrogens with zero attached hydrogens (tertiary/aromatic N) is 1. The molecule has 1 heterocycles. The number of aromatic nitrogens is 2. The molecule has 2 N–H and O–H groups in total. The van der Waals surface area contributed by atoms with Gasteiger partial charge in [0.05, 0.1) is 27.1 Å². The van der Waals surface area contributed by atoms with Crippen LogP contribution in [0.2, 0.25) is 0 Å². The van der Waals surface area contributed by atoms with Crippen LogP contribution in [0.1, 0.15) is 27.3 Å². The first-order chi connectivity index (χ1) is 12.6. The summed E-state index contributed by atoms with van der Waals surface area (Å²) in [4.78, 5) is 29.8. The summed E-state index contributed by atoms with van der Waals surface area (Å²) in [5.74, 6) is -1.21. The summed E-state index contributed by atoms with van der Waals surface area (Å²) in [6, 6.07) is 8.12. The van der Waals surface area contributed by atoms with Crippen molar-refractivity contribution < 1.29 is 23.1 Å². The van der Waals surface area contributed by atoms with Crippen LogP contribution in [0.4, 0.5) is 13.2 Å². The maximum Gasteiger partial charge on any atom is 0.416 e. The predicted molar refractivity (Wildman–Crippen MR) is 94.5 cm³/mol. The molecule has 0 bridgehead atoms. The number of hydrogen-bond donors (Lipinski definition) is 2. The van der Waals surface area contributed by atoms with Gasteiger partial charge in [0, 0.05) is 0 Å². The Labute approximate surface area is 154 Å². The summed E-state index contributed by atoms with van der Waals surface area (Å²) >= 11 is 6.14. The highest BCUT2D eigenvalue weighted by Crippen LogP contribution is 2.30. The van der Waals surface area contributed by atoms with Crippen LogP contribution in [-0.2, 0) is 6.18 Å². The zero-order valence-electron chi connectivity index (χ0n) is 13.3. The van der Waals surface area contributed by atoms with Crippen LogP contribution < -0.4 is 5.56 Å². The van der Waals surface area contributed by atoms with Gasteiger partial charge < -0.3 is 10.1 Å². The first kappa shape index (κ1) is 18.7. The number of rotatable bonds is 3. The summed E-state index contributed by atoms with van der Waals surface area (Å²) in [7, 11) is 0. The molecule has 3 rings (SSSR count). The van der Waals surface area contributed by atoms with Crippen molar-refractivity contribution in [2.45, 2.75) is 6.18 Å². The van der Waals surface area contributed by atoms with E-state index < -0.39 is 23.3 Å². The molecule has 5 nitrogen and oxygen atoms in total. The second-order valence-electron chi connectivity index (χ2n) is 5.56. The highest BCUT2D eigenvalue weighted by atomic mass is 35.5. The highest BCUT2D eigenvalue weighted by molar-refractivity contribution is 6.50. The number of carboxylic acid groups (broad SMARTS) is 1.